The van der Waals surface area contributed by atoms with Crippen LogP contribution in [0.25, 0.3) is 44.1 Å². The number of nitrogens with one attached hydrogen (secondary N) is 1. The minimum absolute atomic E-state index is 0.0376. The molecule has 0 aliphatic heterocycles. The first-order valence-electron chi connectivity index (χ1n) is 17.5. The Labute approximate surface area is 340 Å². The quantitative estimate of drug-likeness (QED) is 0.0648. The van der Waals surface area contributed by atoms with Gasteiger partial charge in [0.2, 0.25) is 11.6 Å². The van der Waals surface area contributed by atoms with Crippen molar-refractivity contribution >= 4 is 62.0 Å². The molecule has 0 fully saturated rings. The third-order valence-electron chi connectivity index (χ3n) is 9.13. The predicted molar refractivity (Wildman–Crippen MR) is 224 cm³/mol. The zero-order valence-corrected chi connectivity index (χ0v) is 32.6. The number of ether oxygens (including phenoxy) is 2. The number of rotatable bonds is 8. The highest BCUT2D eigenvalue weighted by Gasteiger charge is 2.20. The van der Waals surface area contributed by atoms with Crippen LogP contribution in [0.15, 0.2) is 122 Å². The molecule has 0 amide bonds. The summed E-state index contributed by atoms with van der Waals surface area (Å²) in [6.45, 7) is 0. The van der Waals surface area contributed by atoms with Crippen LogP contribution in [-0.4, -0.2) is 43.2 Å². The first-order chi connectivity index (χ1) is 28.3. The molecule has 0 radical (unpaired) electrons. The summed E-state index contributed by atoms with van der Waals surface area (Å²) >= 11 is 5.93. The lowest BCUT2D eigenvalue weighted by atomic mass is 10.1. The van der Waals surface area contributed by atoms with E-state index in [1.165, 1.54) is 30.7 Å². The van der Waals surface area contributed by atoms with Gasteiger partial charge in [0.05, 0.1) is 35.4 Å². The molecule has 0 saturated heterocycles. The number of benzene rings is 4. The summed E-state index contributed by atoms with van der Waals surface area (Å²) in [6, 6.07) is 27.9. The monoisotopic (exact) mass is 820 g/mol. The maximum absolute atomic E-state index is 13.9. The molecule has 300 valence electrons. The Hall–Kier alpha value is -7.59. The van der Waals surface area contributed by atoms with Crippen LogP contribution in [0, 0.1) is 31.9 Å². The van der Waals surface area contributed by atoms with Gasteiger partial charge in [-0.15, -0.1) is 0 Å². The molecular weight excluding hydrogens is 786 g/mol. The lowest BCUT2D eigenvalue weighted by molar-refractivity contribution is -0.387. The van der Waals surface area contributed by atoms with Gasteiger partial charge in [-0.25, -0.2) is 9.97 Å². The van der Waals surface area contributed by atoms with Gasteiger partial charge in [-0.3, -0.25) is 20.2 Å². The van der Waals surface area contributed by atoms with Crippen molar-refractivity contribution in [3.8, 4) is 33.8 Å². The number of aromatic nitrogens is 4. The molecule has 4 aromatic heterocycles. The third-order valence-corrected chi connectivity index (χ3v) is 9.33. The van der Waals surface area contributed by atoms with Crippen molar-refractivity contribution in [1.82, 2.24) is 19.1 Å². The number of para-hydroxylation sites is 2. The van der Waals surface area contributed by atoms with Gasteiger partial charge in [-0.1, -0.05) is 48.0 Å². The highest BCUT2D eigenvalue weighted by molar-refractivity contribution is 6.29. The average Bonchev–Trinajstić information content (AvgIpc) is 3.75. The number of nitrogen functional groups attached to an aromatic ring is 1. The van der Waals surface area contributed by atoms with Crippen LogP contribution >= 0.6 is 11.6 Å². The number of nitrogens with two attached hydrogens (primary N) is 1. The lowest BCUT2D eigenvalue weighted by Crippen LogP contribution is -2.00. The van der Waals surface area contributed by atoms with Crippen LogP contribution in [0.2, 0.25) is 5.15 Å². The van der Waals surface area contributed by atoms with E-state index < -0.39 is 32.9 Å². The molecule has 4 heterocycles. The van der Waals surface area contributed by atoms with Gasteiger partial charge in [-0.2, -0.15) is 8.78 Å². The summed E-state index contributed by atoms with van der Waals surface area (Å²) in [5.41, 5.74) is 10.9. The summed E-state index contributed by atoms with van der Waals surface area (Å²) in [6.07, 6.45) is 7.53. The molecule has 17 heteroatoms. The van der Waals surface area contributed by atoms with E-state index in [2.05, 4.69) is 56.0 Å². The minimum atomic E-state index is -0.963. The molecule has 0 aliphatic rings. The Morgan fingerprint density at radius 1 is 0.695 bits per heavy atom. The van der Waals surface area contributed by atoms with Crippen molar-refractivity contribution < 1.29 is 28.1 Å². The number of nitro groups is 2. The van der Waals surface area contributed by atoms with Crippen molar-refractivity contribution in [2.75, 3.05) is 25.3 Å². The van der Waals surface area contributed by atoms with Gasteiger partial charge in [-0.05, 0) is 47.5 Å². The fourth-order valence-electron chi connectivity index (χ4n) is 6.34. The van der Waals surface area contributed by atoms with Gasteiger partial charge < -0.3 is 29.7 Å². The number of hydrogen-bond acceptors (Lipinski definition) is 10. The topological polar surface area (TPSA) is 178 Å². The summed E-state index contributed by atoms with van der Waals surface area (Å²) in [5.74, 6) is -1.24. The minimum Gasteiger partial charge on any atom is -0.494 e. The molecule has 0 bridgehead atoms. The Bertz CT molecular complexity index is 2850. The van der Waals surface area contributed by atoms with Crippen molar-refractivity contribution in [2.45, 2.75) is 0 Å². The van der Waals surface area contributed by atoms with Crippen LogP contribution in [0.4, 0.5) is 37.3 Å². The third kappa shape index (κ3) is 9.03. The second kappa shape index (κ2) is 17.7. The van der Waals surface area contributed by atoms with E-state index in [-0.39, 0.29) is 22.9 Å². The highest BCUT2D eigenvalue weighted by Crippen LogP contribution is 2.36. The maximum Gasteiger partial charge on any atom is 0.307 e. The Balaban J connectivity index is 0.000000165. The Morgan fingerprint density at radius 2 is 1.19 bits per heavy atom. The number of halogens is 3. The summed E-state index contributed by atoms with van der Waals surface area (Å²) in [4.78, 5) is 28.0. The number of anilines is 3. The number of methoxy groups -OCH3 is 2. The molecule has 8 aromatic rings. The molecule has 0 unspecified atom stereocenters. The standard InChI is InChI=1S/C21H17FN4O3.C14H11ClN2.C7H7FN2O3/c1-25-12-15(14-5-3-4-6-18(14)25)13-7-8-23-21(9-13)24-17-11-19(26(27)28)16(22)10-20(17)29-2;1-17-9-12(10-6-7-16-14(15)8-10)11-4-2-3-5-13(11)17;1-13-7-2-4(8)6(10(11)12)3-5(7)9/h3-12H,1-2H3,(H,23,24);2-9H,1H3;2-3H,9H2,1H3. The Kier molecular flexibility index (Phi) is 12.3. The molecule has 59 heavy (non-hydrogen) atoms. The van der Waals surface area contributed by atoms with Crippen LogP contribution in [-0.2, 0) is 14.1 Å². The molecule has 0 atom stereocenters. The van der Waals surface area contributed by atoms with E-state index >= 15 is 0 Å². The highest BCUT2D eigenvalue weighted by atomic mass is 35.5. The molecule has 14 nitrogen and oxygen atoms in total. The number of hydrogen-bond donors (Lipinski definition) is 2. The van der Waals surface area contributed by atoms with E-state index in [9.17, 15) is 29.0 Å². The zero-order chi connectivity index (χ0) is 42.4. The first kappa shape index (κ1) is 41.1. The molecule has 0 spiro atoms. The number of nitro benzene ring substituents is 2. The van der Waals surface area contributed by atoms with Gasteiger partial charge in [0, 0.05) is 96.1 Å². The van der Waals surface area contributed by atoms with Crippen LogP contribution in [0.5, 0.6) is 11.5 Å². The smallest absolute Gasteiger partial charge is 0.307 e. The molecule has 8 rings (SSSR count). The van der Waals surface area contributed by atoms with Gasteiger partial charge in [0.15, 0.2) is 0 Å². The van der Waals surface area contributed by atoms with E-state index in [4.69, 9.17) is 22.1 Å². The van der Waals surface area contributed by atoms with Crippen molar-refractivity contribution in [2.24, 2.45) is 14.1 Å². The van der Waals surface area contributed by atoms with E-state index in [1.54, 1.807) is 12.4 Å². The van der Waals surface area contributed by atoms with Crippen LogP contribution in [0.1, 0.15) is 0 Å². The number of fused-ring (bicyclic) bond motifs is 2. The fraction of sp³-hybridized carbons (Fsp3) is 0.0952. The summed E-state index contributed by atoms with van der Waals surface area (Å²) < 4.78 is 40.8. The second-order valence-electron chi connectivity index (χ2n) is 12.8. The second-order valence-corrected chi connectivity index (χ2v) is 13.2. The van der Waals surface area contributed by atoms with Gasteiger partial charge in [0.25, 0.3) is 0 Å². The molecule has 4 aromatic carbocycles. The lowest BCUT2D eigenvalue weighted by Gasteiger charge is -2.11. The first-order valence-corrected chi connectivity index (χ1v) is 17.9. The summed E-state index contributed by atoms with van der Waals surface area (Å²) in [5, 5.41) is 27.2. The van der Waals surface area contributed by atoms with Crippen molar-refractivity contribution in [3.05, 3.63) is 159 Å². The van der Waals surface area contributed by atoms with Crippen molar-refractivity contribution in [3.63, 3.8) is 0 Å². The van der Waals surface area contributed by atoms with E-state index in [0.717, 1.165) is 51.9 Å². The summed E-state index contributed by atoms with van der Waals surface area (Å²) in [7, 11) is 6.70. The molecule has 0 saturated carbocycles. The molecule has 0 aliphatic carbocycles. The average molecular weight is 821 g/mol. The number of pyridine rings is 2. The fourth-order valence-corrected chi connectivity index (χ4v) is 6.52. The van der Waals surface area contributed by atoms with E-state index in [0.29, 0.717) is 11.0 Å². The number of nitrogens with zero attached hydrogens (tertiary/aromatic N) is 6. The van der Waals surface area contributed by atoms with Gasteiger partial charge in [0.1, 0.15) is 22.5 Å². The molecule has 3 N–H and O–H groups in total. The van der Waals surface area contributed by atoms with Crippen LogP contribution < -0.4 is 20.5 Å². The van der Waals surface area contributed by atoms with Crippen LogP contribution in [0.3, 0.4) is 0 Å². The Morgan fingerprint density at radius 3 is 1.71 bits per heavy atom. The SMILES string of the molecule is COc1cc(F)c([N+](=O)[O-])cc1N.COc1cc(F)c([N+](=O)[O-])cc1Nc1cc(-c2cn(C)c3ccccc23)ccn1.Cn1cc(-c2ccnc(Cl)c2)c2ccccc21. The normalized spacial score (nSPS) is 10.6. The molecular formula is C42H35ClF2N8O6. The zero-order valence-electron chi connectivity index (χ0n) is 31.9. The van der Waals surface area contributed by atoms with Gasteiger partial charge >= 0.3 is 11.4 Å². The predicted octanol–water partition coefficient (Wildman–Crippen LogP) is 10.3. The number of aryl methyl sites for hydroxylation is 2. The maximum atomic E-state index is 13.9. The largest absolute Gasteiger partial charge is 0.494 e. The van der Waals surface area contributed by atoms with E-state index in [1.807, 2.05) is 72.4 Å². The van der Waals surface area contributed by atoms with Crippen molar-refractivity contribution in [1.29, 1.82) is 0 Å².